The fraction of sp³-hybridized carbons (Fsp3) is 0.294. The number of nitrogens with one attached hydrogen (secondary N) is 1. The SMILES string of the molecule is CC(C)[C@@H](NC(=O)Cn1nnc(-c2cccs2)n1)c1ccc(F)cc1. The number of hydrogen-bond acceptors (Lipinski definition) is 5. The quantitative estimate of drug-likeness (QED) is 0.734. The lowest BCUT2D eigenvalue weighted by Gasteiger charge is -2.22. The summed E-state index contributed by atoms with van der Waals surface area (Å²) in [6.07, 6.45) is 0. The number of halogens is 1. The Labute approximate surface area is 148 Å². The number of aromatic nitrogens is 4. The van der Waals surface area contributed by atoms with Gasteiger partial charge in [0.25, 0.3) is 0 Å². The zero-order valence-electron chi connectivity index (χ0n) is 13.9. The van der Waals surface area contributed by atoms with Gasteiger partial charge in [-0.1, -0.05) is 32.0 Å². The number of carbonyl (C=O) groups is 1. The molecule has 2 aromatic heterocycles. The van der Waals surface area contributed by atoms with Crippen molar-refractivity contribution >= 4 is 17.2 Å². The van der Waals surface area contributed by atoms with Gasteiger partial charge in [0, 0.05) is 0 Å². The van der Waals surface area contributed by atoms with Gasteiger partial charge in [-0.3, -0.25) is 4.79 Å². The third-order valence-electron chi connectivity index (χ3n) is 3.69. The number of tetrazole rings is 1. The Kier molecular flexibility index (Phi) is 5.18. The molecule has 6 nitrogen and oxygen atoms in total. The average molecular weight is 359 g/mol. The summed E-state index contributed by atoms with van der Waals surface area (Å²) >= 11 is 1.51. The minimum absolute atomic E-state index is 0.0250. The predicted molar refractivity (Wildman–Crippen MR) is 93.3 cm³/mol. The third-order valence-corrected chi connectivity index (χ3v) is 4.56. The molecule has 0 aliphatic carbocycles. The zero-order chi connectivity index (χ0) is 17.8. The molecule has 0 aliphatic heterocycles. The minimum atomic E-state index is -0.300. The van der Waals surface area contributed by atoms with Crippen LogP contribution in [0.3, 0.4) is 0 Å². The van der Waals surface area contributed by atoms with E-state index in [9.17, 15) is 9.18 Å². The first kappa shape index (κ1) is 17.2. The van der Waals surface area contributed by atoms with Crippen molar-refractivity contribution in [3.05, 3.63) is 53.2 Å². The number of amides is 1. The van der Waals surface area contributed by atoms with Gasteiger partial charge in [0.2, 0.25) is 11.7 Å². The molecule has 0 spiro atoms. The van der Waals surface area contributed by atoms with Gasteiger partial charge in [-0.25, -0.2) is 4.39 Å². The molecule has 0 radical (unpaired) electrons. The van der Waals surface area contributed by atoms with Crippen molar-refractivity contribution in [1.29, 1.82) is 0 Å². The maximum absolute atomic E-state index is 13.1. The fourth-order valence-electron chi connectivity index (χ4n) is 2.47. The Morgan fingerprint density at radius 2 is 2.04 bits per heavy atom. The lowest BCUT2D eigenvalue weighted by molar-refractivity contribution is -0.123. The molecule has 3 aromatic rings. The van der Waals surface area contributed by atoms with Crippen molar-refractivity contribution in [3.63, 3.8) is 0 Å². The Balaban J connectivity index is 1.67. The Hall–Kier alpha value is -2.61. The van der Waals surface area contributed by atoms with E-state index < -0.39 is 0 Å². The van der Waals surface area contributed by atoms with Crippen LogP contribution in [0.5, 0.6) is 0 Å². The van der Waals surface area contributed by atoms with E-state index in [-0.39, 0.29) is 30.2 Å². The van der Waals surface area contributed by atoms with Crippen LogP contribution >= 0.6 is 11.3 Å². The van der Waals surface area contributed by atoms with Crippen molar-refractivity contribution < 1.29 is 9.18 Å². The molecule has 0 saturated heterocycles. The normalized spacial score (nSPS) is 12.3. The third kappa shape index (κ3) is 4.27. The Morgan fingerprint density at radius 1 is 1.28 bits per heavy atom. The second-order valence-corrected chi connectivity index (χ2v) is 6.91. The van der Waals surface area contributed by atoms with E-state index in [0.717, 1.165) is 10.4 Å². The summed E-state index contributed by atoms with van der Waals surface area (Å²) < 4.78 is 13.1. The molecular weight excluding hydrogens is 341 g/mol. The fourth-order valence-corrected chi connectivity index (χ4v) is 3.12. The Bertz CT molecular complexity index is 829. The maximum atomic E-state index is 13.1. The van der Waals surface area contributed by atoms with Crippen LogP contribution in [-0.4, -0.2) is 26.1 Å². The van der Waals surface area contributed by atoms with E-state index in [1.54, 1.807) is 12.1 Å². The molecule has 0 fully saturated rings. The van der Waals surface area contributed by atoms with Gasteiger partial charge in [-0.2, -0.15) is 4.80 Å². The van der Waals surface area contributed by atoms with Crippen LogP contribution in [0.4, 0.5) is 4.39 Å². The van der Waals surface area contributed by atoms with Gasteiger partial charge in [0.1, 0.15) is 12.4 Å². The molecule has 0 aliphatic rings. The largest absolute Gasteiger partial charge is 0.347 e. The molecule has 0 bridgehead atoms. The summed E-state index contributed by atoms with van der Waals surface area (Å²) in [7, 11) is 0. The number of thiophene rings is 1. The minimum Gasteiger partial charge on any atom is -0.347 e. The predicted octanol–water partition coefficient (Wildman–Crippen LogP) is 3.05. The van der Waals surface area contributed by atoms with Crippen molar-refractivity contribution in [2.45, 2.75) is 26.4 Å². The van der Waals surface area contributed by atoms with E-state index in [1.807, 2.05) is 31.4 Å². The average Bonchev–Trinajstić information content (AvgIpc) is 3.24. The smallest absolute Gasteiger partial charge is 0.244 e. The zero-order valence-corrected chi connectivity index (χ0v) is 14.7. The number of hydrogen-bond donors (Lipinski definition) is 1. The highest BCUT2D eigenvalue weighted by Crippen LogP contribution is 2.22. The Morgan fingerprint density at radius 3 is 2.68 bits per heavy atom. The first-order valence-corrected chi connectivity index (χ1v) is 8.77. The van der Waals surface area contributed by atoms with Gasteiger partial charge >= 0.3 is 0 Å². The topological polar surface area (TPSA) is 72.7 Å². The highest BCUT2D eigenvalue weighted by Gasteiger charge is 2.19. The second-order valence-electron chi connectivity index (χ2n) is 5.96. The molecule has 8 heteroatoms. The number of benzene rings is 1. The van der Waals surface area contributed by atoms with Crippen molar-refractivity contribution in [2.75, 3.05) is 0 Å². The van der Waals surface area contributed by atoms with Crippen LogP contribution in [0, 0.1) is 11.7 Å². The van der Waals surface area contributed by atoms with Gasteiger partial charge < -0.3 is 5.32 Å². The monoisotopic (exact) mass is 359 g/mol. The van der Waals surface area contributed by atoms with Crippen molar-refractivity contribution in [1.82, 2.24) is 25.5 Å². The van der Waals surface area contributed by atoms with Gasteiger partial charge in [-0.15, -0.1) is 21.5 Å². The number of rotatable bonds is 6. The summed E-state index contributed by atoms with van der Waals surface area (Å²) in [4.78, 5) is 14.5. The maximum Gasteiger partial charge on any atom is 0.244 e. The van der Waals surface area contributed by atoms with Crippen LogP contribution in [0.1, 0.15) is 25.5 Å². The van der Waals surface area contributed by atoms with Crippen LogP contribution in [0.25, 0.3) is 10.7 Å². The highest BCUT2D eigenvalue weighted by molar-refractivity contribution is 7.13. The van der Waals surface area contributed by atoms with Crippen LogP contribution < -0.4 is 5.32 Å². The molecule has 1 aromatic carbocycles. The summed E-state index contributed by atoms with van der Waals surface area (Å²) in [6, 6.07) is 9.74. The van der Waals surface area contributed by atoms with E-state index in [0.29, 0.717) is 5.82 Å². The van der Waals surface area contributed by atoms with Crippen molar-refractivity contribution in [2.24, 2.45) is 5.92 Å². The van der Waals surface area contributed by atoms with E-state index >= 15 is 0 Å². The lowest BCUT2D eigenvalue weighted by Crippen LogP contribution is -2.34. The molecule has 1 N–H and O–H groups in total. The molecule has 25 heavy (non-hydrogen) atoms. The van der Waals surface area contributed by atoms with E-state index in [1.165, 1.54) is 28.3 Å². The van der Waals surface area contributed by atoms with Gasteiger partial charge in [0.05, 0.1) is 10.9 Å². The van der Waals surface area contributed by atoms with Crippen molar-refractivity contribution in [3.8, 4) is 10.7 Å². The molecule has 1 amide bonds. The van der Waals surface area contributed by atoms with Crippen LogP contribution in [0.2, 0.25) is 0 Å². The van der Waals surface area contributed by atoms with E-state index in [2.05, 4.69) is 20.7 Å². The first-order chi connectivity index (χ1) is 12.0. The molecule has 3 rings (SSSR count). The molecule has 1 atom stereocenters. The summed E-state index contributed by atoms with van der Waals surface area (Å²) in [5.41, 5.74) is 0.857. The second kappa shape index (κ2) is 7.52. The first-order valence-electron chi connectivity index (χ1n) is 7.89. The molecule has 130 valence electrons. The summed E-state index contributed by atoms with van der Waals surface area (Å²) in [5.74, 6) is 0.130. The molecule has 0 saturated carbocycles. The number of carbonyl (C=O) groups excluding carboxylic acids is 1. The lowest BCUT2D eigenvalue weighted by atomic mass is 9.96. The summed E-state index contributed by atoms with van der Waals surface area (Å²) in [5, 5.41) is 17.0. The molecule has 2 heterocycles. The van der Waals surface area contributed by atoms with Gasteiger partial charge in [0.15, 0.2) is 0 Å². The van der Waals surface area contributed by atoms with Gasteiger partial charge in [-0.05, 0) is 40.3 Å². The van der Waals surface area contributed by atoms with Crippen LogP contribution in [0.15, 0.2) is 41.8 Å². The van der Waals surface area contributed by atoms with E-state index in [4.69, 9.17) is 0 Å². The highest BCUT2D eigenvalue weighted by atomic mass is 32.1. The number of nitrogens with zero attached hydrogens (tertiary/aromatic N) is 4. The van der Waals surface area contributed by atoms with Crippen LogP contribution in [-0.2, 0) is 11.3 Å². The summed E-state index contributed by atoms with van der Waals surface area (Å²) in [6.45, 7) is 3.97. The molecule has 0 unspecified atom stereocenters. The standard InChI is InChI=1S/C17H18FN5OS/c1-11(2)16(12-5-7-13(18)8-6-12)19-15(24)10-23-21-17(20-22-23)14-4-3-9-25-14/h3-9,11,16H,10H2,1-2H3,(H,19,24)/t16-/m1/s1. The molecular formula is C17H18FN5OS.